The van der Waals surface area contributed by atoms with Gasteiger partial charge in [0.15, 0.2) is 0 Å². The number of nitrogens with one attached hydrogen (secondary N) is 2. The number of hydrogen-bond acceptors (Lipinski definition) is 3. The molecule has 25 heavy (non-hydrogen) atoms. The molecule has 3 nitrogen and oxygen atoms in total. The van der Waals surface area contributed by atoms with Crippen molar-refractivity contribution in [3.63, 3.8) is 0 Å². The molecule has 1 aromatic heterocycles. The average molecular weight is 348 g/mol. The maximum Gasteiger partial charge on any atom is 0.0866 e. The number of halogens is 1. The van der Waals surface area contributed by atoms with Crippen molar-refractivity contribution >= 4 is 29.2 Å². The second-order valence-corrected chi connectivity index (χ2v) is 6.14. The van der Waals surface area contributed by atoms with Crippen LogP contribution in [0.25, 0.3) is 17.0 Å². The van der Waals surface area contributed by atoms with Gasteiger partial charge in [-0.1, -0.05) is 54.6 Å². The lowest BCUT2D eigenvalue weighted by atomic mass is 10.1. The third-order valence-corrected chi connectivity index (χ3v) is 4.14. The van der Waals surface area contributed by atoms with Gasteiger partial charge in [0, 0.05) is 28.1 Å². The van der Waals surface area contributed by atoms with E-state index in [9.17, 15) is 0 Å². The van der Waals surface area contributed by atoms with Crippen molar-refractivity contribution in [3.8, 4) is 11.3 Å². The van der Waals surface area contributed by atoms with E-state index in [0.717, 1.165) is 33.8 Å². The molecule has 0 fully saturated rings. The van der Waals surface area contributed by atoms with Crippen molar-refractivity contribution in [2.45, 2.75) is 6.92 Å². The number of anilines is 1. The second kappa shape index (κ2) is 7.32. The highest BCUT2D eigenvalue weighted by Gasteiger charge is 2.09. The Morgan fingerprint density at radius 3 is 2.60 bits per heavy atom. The van der Waals surface area contributed by atoms with Crippen molar-refractivity contribution in [2.24, 2.45) is 0 Å². The smallest absolute Gasteiger partial charge is 0.0866 e. The van der Waals surface area contributed by atoms with Gasteiger partial charge < -0.3 is 10.7 Å². The number of benzene rings is 2. The van der Waals surface area contributed by atoms with E-state index in [1.54, 1.807) is 18.2 Å². The first-order valence-electron chi connectivity index (χ1n) is 7.88. The van der Waals surface area contributed by atoms with Gasteiger partial charge in [-0.2, -0.15) is 0 Å². The molecule has 0 aliphatic rings. The summed E-state index contributed by atoms with van der Waals surface area (Å²) < 4.78 is 0. The zero-order valence-corrected chi connectivity index (χ0v) is 14.6. The molecule has 2 N–H and O–H groups in total. The molecule has 0 spiro atoms. The number of rotatable bonds is 5. The third kappa shape index (κ3) is 3.78. The third-order valence-electron chi connectivity index (χ3n) is 3.91. The van der Waals surface area contributed by atoms with E-state index >= 15 is 0 Å². The average Bonchev–Trinajstić information content (AvgIpc) is 2.63. The first kappa shape index (κ1) is 16.9. The first-order chi connectivity index (χ1) is 12.1. The molecule has 0 aliphatic heterocycles. The fourth-order valence-corrected chi connectivity index (χ4v) is 2.75. The van der Waals surface area contributed by atoms with Crippen LogP contribution in [0.5, 0.6) is 0 Å². The number of nitrogens with zero attached hydrogens (tertiary/aromatic N) is 1. The van der Waals surface area contributed by atoms with Crippen molar-refractivity contribution in [1.82, 2.24) is 4.98 Å². The summed E-state index contributed by atoms with van der Waals surface area (Å²) in [4.78, 5) is 4.76. The van der Waals surface area contributed by atoms with Gasteiger partial charge in [0.05, 0.1) is 17.1 Å². The van der Waals surface area contributed by atoms with Gasteiger partial charge in [-0.15, -0.1) is 0 Å². The number of pyridine rings is 1. The molecule has 0 saturated heterocycles. The van der Waals surface area contributed by atoms with E-state index < -0.39 is 0 Å². The summed E-state index contributed by atoms with van der Waals surface area (Å²) in [5.41, 5.74) is 5.97. The van der Waals surface area contributed by atoms with Crippen LogP contribution in [0, 0.1) is 12.3 Å². The Hall–Kier alpha value is -2.91. The van der Waals surface area contributed by atoms with E-state index in [0.29, 0.717) is 10.7 Å². The van der Waals surface area contributed by atoms with Crippen LogP contribution in [0.2, 0.25) is 5.02 Å². The van der Waals surface area contributed by atoms with Crippen LogP contribution in [0.15, 0.2) is 67.2 Å². The van der Waals surface area contributed by atoms with E-state index in [1.807, 2.05) is 49.4 Å². The first-order valence-corrected chi connectivity index (χ1v) is 8.25. The van der Waals surface area contributed by atoms with Crippen molar-refractivity contribution in [1.29, 1.82) is 5.41 Å². The molecule has 3 aromatic rings. The molecular weight excluding hydrogens is 330 g/mol. The minimum absolute atomic E-state index is 0.600. The Morgan fingerprint density at radius 2 is 1.88 bits per heavy atom. The number of aromatic nitrogens is 1. The van der Waals surface area contributed by atoms with Gasteiger partial charge in [0.1, 0.15) is 0 Å². The maximum atomic E-state index is 7.53. The lowest BCUT2D eigenvalue weighted by Gasteiger charge is -2.14. The maximum absolute atomic E-state index is 7.53. The lowest BCUT2D eigenvalue weighted by molar-refractivity contribution is 1.23. The summed E-state index contributed by atoms with van der Waals surface area (Å²) in [5, 5.41) is 11.3. The Morgan fingerprint density at radius 1 is 1.12 bits per heavy atom. The minimum atomic E-state index is 0.600. The monoisotopic (exact) mass is 347 g/mol. The van der Waals surface area contributed by atoms with Gasteiger partial charge in [0.2, 0.25) is 0 Å². The summed E-state index contributed by atoms with van der Waals surface area (Å²) in [7, 11) is 0. The normalized spacial score (nSPS) is 10.3. The van der Waals surface area contributed by atoms with Gasteiger partial charge >= 0.3 is 0 Å². The Labute approximate surface area is 152 Å². The Kier molecular flexibility index (Phi) is 4.96. The molecule has 0 amide bonds. The van der Waals surface area contributed by atoms with Crippen molar-refractivity contribution < 1.29 is 0 Å². The molecule has 2 aromatic carbocycles. The van der Waals surface area contributed by atoms with Crippen molar-refractivity contribution in [2.75, 3.05) is 5.32 Å². The fourth-order valence-electron chi connectivity index (χ4n) is 2.57. The van der Waals surface area contributed by atoms with Crippen LogP contribution in [0.1, 0.15) is 16.8 Å². The zero-order chi connectivity index (χ0) is 17.8. The highest BCUT2D eigenvalue weighted by Crippen LogP contribution is 2.26. The van der Waals surface area contributed by atoms with Crippen LogP contribution in [-0.2, 0) is 0 Å². The zero-order valence-electron chi connectivity index (χ0n) is 13.9. The Bertz CT molecular complexity index is 933. The fraction of sp³-hybridized carbons (Fsp3) is 0.0476. The van der Waals surface area contributed by atoms with Crippen LogP contribution in [0.3, 0.4) is 0 Å². The largest absolute Gasteiger partial charge is 0.354 e. The minimum Gasteiger partial charge on any atom is -0.354 e. The molecule has 1 heterocycles. The van der Waals surface area contributed by atoms with E-state index in [-0.39, 0.29) is 0 Å². The highest BCUT2D eigenvalue weighted by atomic mass is 35.5. The number of hydrogen-bond donors (Lipinski definition) is 2. The second-order valence-electron chi connectivity index (χ2n) is 5.71. The van der Waals surface area contributed by atoms with Gasteiger partial charge in [-0.25, -0.2) is 4.98 Å². The quantitative estimate of drug-likeness (QED) is 0.574. The van der Waals surface area contributed by atoms with E-state index in [1.165, 1.54) is 6.21 Å². The van der Waals surface area contributed by atoms with Crippen LogP contribution >= 0.6 is 11.6 Å². The summed E-state index contributed by atoms with van der Waals surface area (Å²) >= 11 is 6.07. The highest BCUT2D eigenvalue weighted by molar-refractivity contribution is 6.31. The topological polar surface area (TPSA) is 48.8 Å². The van der Waals surface area contributed by atoms with Crippen LogP contribution in [0.4, 0.5) is 5.69 Å². The molecule has 0 unspecified atom stereocenters. The standard InChI is InChI=1S/C21H18ClN3/c1-14-8-11-19(25-21(14)16-6-4-3-5-7-16)15(2)24-20-12-18(22)10-9-17(20)13-23/h3-13,23-24H,2H2,1H3. The molecule has 0 radical (unpaired) electrons. The molecule has 0 aliphatic carbocycles. The summed E-state index contributed by atoms with van der Waals surface area (Å²) in [5.74, 6) is 0. The summed E-state index contributed by atoms with van der Waals surface area (Å²) in [6, 6.07) is 19.4. The predicted octanol–water partition coefficient (Wildman–Crippen LogP) is 5.79. The predicted molar refractivity (Wildman–Crippen MR) is 106 cm³/mol. The van der Waals surface area contributed by atoms with Gasteiger partial charge in [0.25, 0.3) is 0 Å². The molecular formula is C21H18ClN3. The van der Waals surface area contributed by atoms with Crippen molar-refractivity contribution in [3.05, 3.63) is 89.1 Å². The molecule has 4 heteroatoms. The van der Waals surface area contributed by atoms with E-state index in [4.69, 9.17) is 22.0 Å². The van der Waals surface area contributed by atoms with Gasteiger partial charge in [-0.05, 0) is 36.8 Å². The molecule has 0 bridgehead atoms. The van der Waals surface area contributed by atoms with E-state index in [2.05, 4.69) is 11.9 Å². The molecule has 0 atom stereocenters. The Balaban J connectivity index is 1.94. The van der Waals surface area contributed by atoms with Gasteiger partial charge in [-0.3, -0.25) is 0 Å². The van der Waals surface area contributed by atoms with Crippen LogP contribution < -0.4 is 5.32 Å². The van der Waals surface area contributed by atoms with Crippen LogP contribution in [-0.4, -0.2) is 11.2 Å². The number of aryl methyl sites for hydroxylation is 1. The lowest BCUT2D eigenvalue weighted by Crippen LogP contribution is -2.03. The molecule has 3 rings (SSSR count). The summed E-state index contributed by atoms with van der Waals surface area (Å²) in [6.45, 7) is 6.14. The SMILES string of the molecule is C=C(Nc1cc(Cl)ccc1C=N)c1ccc(C)c(-c2ccccc2)n1. The molecule has 0 saturated carbocycles. The summed E-state index contributed by atoms with van der Waals surface area (Å²) in [6.07, 6.45) is 1.28. The molecule has 124 valence electrons.